The van der Waals surface area contributed by atoms with Crippen molar-refractivity contribution in [3.05, 3.63) is 53.1 Å². The van der Waals surface area contributed by atoms with Crippen molar-refractivity contribution in [3.63, 3.8) is 0 Å². The van der Waals surface area contributed by atoms with Gasteiger partial charge in [0.1, 0.15) is 12.8 Å². The summed E-state index contributed by atoms with van der Waals surface area (Å²) in [6, 6.07) is 8.57. The Kier molecular flexibility index (Phi) is 11.9. The molecular formula is C46H76N4O5Si3. The highest BCUT2D eigenvalue weighted by Crippen LogP contribution is 2.55. The van der Waals surface area contributed by atoms with E-state index >= 15 is 0 Å². The fourth-order valence-electron chi connectivity index (χ4n) is 6.95. The largest absolute Gasteiger partial charge is 0.414 e. The van der Waals surface area contributed by atoms with Crippen LogP contribution in [0.2, 0.25) is 61.9 Å². The van der Waals surface area contributed by atoms with Gasteiger partial charge in [0.2, 0.25) is 5.82 Å². The van der Waals surface area contributed by atoms with Gasteiger partial charge in [-0.2, -0.15) is 5.26 Å². The molecule has 5 rings (SSSR count). The Morgan fingerprint density at radius 3 is 2.22 bits per heavy atom. The van der Waals surface area contributed by atoms with Gasteiger partial charge in [-0.25, -0.2) is 4.98 Å². The lowest BCUT2D eigenvalue weighted by molar-refractivity contribution is -0.173. The van der Waals surface area contributed by atoms with Crippen molar-refractivity contribution in [2.45, 2.75) is 186 Å². The number of amides is 1. The molecule has 2 bridgehead atoms. The van der Waals surface area contributed by atoms with Gasteiger partial charge >= 0.3 is 0 Å². The molecular weight excluding hydrogens is 773 g/mol. The minimum absolute atomic E-state index is 0.0164. The van der Waals surface area contributed by atoms with E-state index in [0.29, 0.717) is 17.9 Å². The molecule has 58 heavy (non-hydrogen) atoms. The fraction of sp³-hybridized carbons (Fsp3) is 0.717. The average Bonchev–Trinajstić information content (AvgIpc) is 3.65. The van der Waals surface area contributed by atoms with Gasteiger partial charge in [0.25, 0.3) is 5.91 Å². The Bertz CT molecular complexity index is 2050. The van der Waals surface area contributed by atoms with Gasteiger partial charge in [-0.15, -0.1) is 0 Å². The summed E-state index contributed by atoms with van der Waals surface area (Å²) in [6.45, 7) is 33.4. The highest BCUT2D eigenvalue weighted by atomic mass is 28.4. The highest BCUT2D eigenvalue weighted by Gasteiger charge is 2.57. The van der Waals surface area contributed by atoms with E-state index < -0.39 is 66.9 Å². The lowest BCUT2D eigenvalue weighted by Crippen LogP contribution is -2.53. The lowest BCUT2D eigenvalue weighted by Gasteiger charge is -2.47. The SMILES string of the molecule is [2H]C1C([2H])C2(CO[Si](C)(C)C(C)(C)C)OC1(CO[Si](C)(C)C(C)(C)C)CC([2H])(c1ccc(NC(=O)c3nc(C#N)cn3COCC[Si](C)(C)C)c(C3=CCC(C)(C)CC3)c1)C2[2H]. The quantitative estimate of drug-likeness (QED) is 0.140. The van der Waals surface area contributed by atoms with Crippen LogP contribution in [0.5, 0.6) is 0 Å². The number of rotatable bonds is 15. The van der Waals surface area contributed by atoms with Gasteiger partial charge in [-0.3, -0.25) is 4.79 Å². The Hall–Kier alpha value is -2.38. The third kappa shape index (κ3) is 11.1. The van der Waals surface area contributed by atoms with E-state index in [2.05, 4.69) is 124 Å². The lowest BCUT2D eigenvalue weighted by atomic mass is 9.75. The Labute approximate surface area is 359 Å². The monoisotopic (exact) mass is 853 g/mol. The van der Waals surface area contributed by atoms with Crippen LogP contribution >= 0.6 is 0 Å². The number of carbonyl (C=O) groups excluding carboxylic acids is 1. The van der Waals surface area contributed by atoms with Crippen LogP contribution in [-0.2, 0) is 25.1 Å². The number of ether oxygens (including phenoxy) is 2. The second kappa shape index (κ2) is 16.8. The van der Waals surface area contributed by atoms with Crippen LogP contribution in [0, 0.1) is 16.7 Å². The van der Waals surface area contributed by atoms with Crippen molar-refractivity contribution >= 4 is 41.9 Å². The number of anilines is 1. The Morgan fingerprint density at radius 2 is 1.66 bits per heavy atom. The molecule has 6 atom stereocenters. The maximum Gasteiger partial charge on any atom is 0.291 e. The molecule has 322 valence electrons. The van der Waals surface area contributed by atoms with Crippen LogP contribution in [0.15, 0.2) is 30.5 Å². The summed E-state index contributed by atoms with van der Waals surface area (Å²) < 4.78 is 68.1. The number of nitrogens with one attached hydrogen (secondary N) is 1. The van der Waals surface area contributed by atoms with Crippen LogP contribution in [0.3, 0.4) is 0 Å². The van der Waals surface area contributed by atoms with E-state index in [-0.39, 0.29) is 53.4 Å². The molecule has 0 radical (unpaired) electrons. The number of nitrogens with zero attached hydrogens (tertiary/aromatic N) is 3. The number of hydrogen-bond acceptors (Lipinski definition) is 7. The van der Waals surface area contributed by atoms with Gasteiger partial charge < -0.3 is 28.2 Å². The molecule has 2 aliphatic heterocycles. The van der Waals surface area contributed by atoms with E-state index in [9.17, 15) is 15.5 Å². The molecule has 1 aromatic carbocycles. The summed E-state index contributed by atoms with van der Waals surface area (Å²) in [5, 5.41) is 12.6. The van der Waals surface area contributed by atoms with Crippen LogP contribution in [0.4, 0.5) is 5.69 Å². The fourth-order valence-corrected chi connectivity index (χ4v) is 9.77. The predicted octanol–water partition coefficient (Wildman–Crippen LogP) is 12.1. The van der Waals surface area contributed by atoms with Gasteiger partial charge in [-0.1, -0.05) is 87.2 Å². The van der Waals surface area contributed by atoms with Gasteiger partial charge in [0.05, 0.1) is 24.4 Å². The maximum atomic E-state index is 14.2. The van der Waals surface area contributed by atoms with E-state index in [1.807, 2.05) is 6.07 Å². The molecule has 1 aromatic heterocycles. The third-order valence-electron chi connectivity index (χ3n) is 13.2. The smallest absolute Gasteiger partial charge is 0.291 e. The number of fused-ring (bicyclic) bond motifs is 2. The number of carbonyl (C=O) groups is 1. The molecule has 1 aliphatic carbocycles. The van der Waals surface area contributed by atoms with Crippen LogP contribution in [0.1, 0.15) is 139 Å². The average molecular weight is 853 g/mol. The number of allylic oxidation sites excluding steroid dienone is 2. The summed E-state index contributed by atoms with van der Waals surface area (Å²) >= 11 is 0. The maximum absolute atomic E-state index is 14.2. The molecule has 3 aliphatic rings. The van der Waals surface area contributed by atoms with E-state index in [1.165, 1.54) is 6.20 Å². The Balaban J connectivity index is 1.61. The first-order valence-corrected chi connectivity index (χ1v) is 30.7. The minimum atomic E-state index is -2.43. The molecule has 12 heteroatoms. The number of benzene rings is 1. The summed E-state index contributed by atoms with van der Waals surface area (Å²) in [5.74, 6) is -2.08. The molecule has 6 unspecified atom stereocenters. The zero-order chi connectivity index (χ0) is 46.7. The van der Waals surface area contributed by atoms with Crippen LogP contribution in [-0.4, -0.2) is 71.2 Å². The topological polar surface area (TPSA) is 108 Å². The third-order valence-corrected chi connectivity index (χ3v) is 23.9. The first-order valence-electron chi connectivity index (χ1n) is 23.4. The number of imidazole rings is 1. The number of aromatic nitrogens is 2. The van der Waals surface area contributed by atoms with Crippen molar-refractivity contribution in [1.29, 1.82) is 5.26 Å². The minimum Gasteiger partial charge on any atom is -0.414 e. The van der Waals surface area contributed by atoms with Crippen molar-refractivity contribution in [2.24, 2.45) is 5.41 Å². The van der Waals surface area contributed by atoms with Crippen LogP contribution in [0.25, 0.3) is 5.57 Å². The zero-order valence-corrected chi connectivity index (χ0v) is 41.4. The van der Waals surface area contributed by atoms with Crippen molar-refractivity contribution in [1.82, 2.24) is 9.55 Å². The second-order valence-corrected chi connectivity index (χ2v) is 37.3. The molecule has 1 amide bonds. The molecule has 3 heterocycles. The molecule has 0 saturated carbocycles. The van der Waals surface area contributed by atoms with E-state index in [0.717, 1.165) is 36.4 Å². The standard InChI is InChI=1S/C46H76N4O5Si3/c1-42(2,3)57(12,13)53-31-45-22-23-46(55-45,32-54-58(14,15)43(4,5)6)28-36(27-45)35-16-17-39(38(26-35)34-18-20-44(7,8)21-19-34)49-41(51)40-48-37(29-47)30-50(40)33-52-24-25-56(9,10)11/h16-18,26,30,36H,19-25,27-28,31-33H2,1-15H3,(H,49,51)/i22D,23D,27D,36D. The van der Waals surface area contributed by atoms with Gasteiger partial charge in [0, 0.05) is 37.6 Å². The van der Waals surface area contributed by atoms with Crippen LogP contribution < -0.4 is 5.32 Å². The van der Waals surface area contributed by atoms with Crippen molar-refractivity contribution < 1.29 is 28.6 Å². The predicted molar refractivity (Wildman–Crippen MR) is 245 cm³/mol. The van der Waals surface area contributed by atoms with Gasteiger partial charge in [0.15, 0.2) is 22.3 Å². The van der Waals surface area contributed by atoms with Crippen molar-refractivity contribution in [2.75, 3.05) is 25.1 Å². The number of nitriles is 1. The summed E-state index contributed by atoms with van der Waals surface area (Å²) in [5.41, 5.74) is 0.151. The van der Waals surface area contributed by atoms with Crippen molar-refractivity contribution in [3.8, 4) is 6.07 Å². The molecule has 2 fully saturated rings. The summed E-state index contributed by atoms with van der Waals surface area (Å²) in [6.07, 6.45) is 2.69. The Morgan fingerprint density at radius 1 is 1.03 bits per heavy atom. The van der Waals surface area contributed by atoms with E-state index in [1.54, 1.807) is 16.7 Å². The highest BCUT2D eigenvalue weighted by molar-refractivity contribution is 6.76. The van der Waals surface area contributed by atoms with Gasteiger partial charge in [-0.05, 0) is 122 Å². The first kappa shape index (κ1) is 41.0. The second-order valence-electron chi connectivity index (χ2n) is 22.1. The summed E-state index contributed by atoms with van der Waals surface area (Å²) in [4.78, 5) is 18.5. The molecule has 0 spiro atoms. The molecule has 2 saturated heterocycles. The normalized spacial score (nSPS) is 30.1. The number of hydrogen-bond donors (Lipinski definition) is 1. The van der Waals surface area contributed by atoms with E-state index in [4.69, 9.17) is 18.3 Å². The first-order chi connectivity index (χ1) is 28.2. The molecule has 1 N–H and O–H groups in total. The molecule has 2 aromatic rings. The molecule has 9 nitrogen and oxygen atoms in total. The summed E-state index contributed by atoms with van der Waals surface area (Å²) in [7, 11) is -6.15. The zero-order valence-electron chi connectivity index (χ0n) is 42.4.